The summed E-state index contributed by atoms with van der Waals surface area (Å²) in [5.74, 6) is -2.01. The number of amides is 1. The monoisotopic (exact) mass is 539 g/mol. The summed E-state index contributed by atoms with van der Waals surface area (Å²) in [6.45, 7) is 0. The van der Waals surface area contributed by atoms with Gasteiger partial charge in [0.1, 0.15) is 11.3 Å². The van der Waals surface area contributed by atoms with E-state index in [0.29, 0.717) is 11.3 Å². The molecule has 0 aliphatic rings. The SMILES string of the molecule is O=C(O)c1ccc(NC(=O)c2cc(Br)cc(Br)c2I)cc1O. The van der Waals surface area contributed by atoms with Gasteiger partial charge in [-0.15, -0.1) is 0 Å². The standard InChI is InChI=1S/C14H8Br2INO4/c15-6-3-9(12(17)10(16)4-6)13(20)18-7-1-2-8(14(21)22)11(19)5-7/h1-5,19H,(H,18,20)(H,21,22). The lowest BCUT2D eigenvalue weighted by molar-refractivity contribution is 0.0693. The predicted octanol–water partition coefficient (Wildman–Crippen LogP) is 4.47. The molecular formula is C14H8Br2INO4. The Labute approximate surface area is 156 Å². The third-order valence-corrected chi connectivity index (χ3v) is 5.71. The van der Waals surface area contributed by atoms with Crippen molar-refractivity contribution in [2.45, 2.75) is 0 Å². The maximum absolute atomic E-state index is 12.3. The van der Waals surface area contributed by atoms with Gasteiger partial charge in [-0.2, -0.15) is 0 Å². The number of nitrogens with one attached hydrogen (secondary N) is 1. The Morgan fingerprint density at radius 1 is 1.09 bits per heavy atom. The third kappa shape index (κ3) is 3.79. The highest BCUT2D eigenvalue weighted by atomic mass is 127. The van der Waals surface area contributed by atoms with Crippen LogP contribution in [0.5, 0.6) is 5.75 Å². The van der Waals surface area contributed by atoms with Crippen LogP contribution in [-0.2, 0) is 0 Å². The fourth-order valence-corrected chi connectivity index (χ4v) is 3.49. The van der Waals surface area contributed by atoms with E-state index in [1.807, 2.05) is 28.7 Å². The Hall–Kier alpha value is -1.13. The van der Waals surface area contributed by atoms with Crippen LogP contribution in [0.25, 0.3) is 0 Å². The first-order chi connectivity index (χ1) is 10.3. The van der Waals surface area contributed by atoms with Gasteiger partial charge in [-0.25, -0.2) is 4.79 Å². The molecule has 0 atom stereocenters. The molecule has 0 fully saturated rings. The molecule has 0 heterocycles. The smallest absolute Gasteiger partial charge is 0.339 e. The van der Waals surface area contributed by atoms with Crippen molar-refractivity contribution in [3.05, 3.63) is 54.0 Å². The van der Waals surface area contributed by atoms with E-state index in [-0.39, 0.29) is 11.5 Å². The van der Waals surface area contributed by atoms with Gasteiger partial charge in [0.25, 0.3) is 5.91 Å². The molecule has 0 aliphatic carbocycles. The molecule has 5 nitrogen and oxygen atoms in total. The van der Waals surface area contributed by atoms with Crippen molar-refractivity contribution >= 4 is 72.0 Å². The molecule has 2 aromatic rings. The van der Waals surface area contributed by atoms with Gasteiger partial charge in [-0.05, 0) is 62.8 Å². The molecule has 0 aliphatic heterocycles. The van der Waals surface area contributed by atoms with Crippen LogP contribution in [0, 0.1) is 3.57 Å². The largest absolute Gasteiger partial charge is 0.507 e. The van der Waals surface area contributed by atoms with E-state index in [1.54, 1.807) is 6.07 Å². The number of carbonyl (C=O) groups excluding carboxylic acids is 1. The average Bonchev–Trinajstić information content (AvgIpc) is 2.42. The number of benzene rings is 2. The Balaban J connectivity index is 2.30. The number of aromatic hydroxyl groups is 1. The van der Waals surface area contributed by atoms with Crippen molar-refractivity contribution in [3.63, 3.8) is 0 Å². The van der Waals surface area contributed by atoms with Crippen LogP contribution in [0.3, 0.4) is 0 Å². The Kier molecular flexibility index (Phi) is 5.45. The first kappa shape index (κ1) is 17.2. The summed E-state index contributed by atoms with van der Waals surface area (Å²) in [6.07, 6.45) is 0. The molecule has 3 N–H and O–H groups in total. The van der Waals surface area contributed by atoms with Crippen molar-refractivity contribution in [2.24, 2.45) is 0 Å². The van der Waals surface area contributed by atoms with Crippen LogP contribution in [0.1, 0.15) is 20.7 Å². The van der Waals surface area contributed by atoms with Crippen molar-refractivity contribution < 1.29 is 19.8 Å². The van der Waals surface area contributed by atoms with Crippen LogP contribution in [0.4, 0.5) is 5.69 Å². The van der Waals surface area contributed by atoms with E-state index in [0.717, 1.165) is 12.5 Å². The van der Waals surface area contributed by atoms with E-state index < -0.39 is 11.7 Å². The molecule has 0 aromatic heterocycles. The summed E-state index contributed by atoms with van der Waals surface area (Å²) in [6, 6.07) is 7.34. The third-order valence-electron chi connectivity index (χ3n) is 2.72. The van der Waals surface area contributed by atoms with Gasteiger partial charge < -0.3 is 15.5 Å². The highest BCUT2D eigenvalue weighted by Crippen LogP contribution is 2.28. The van der Waals surface area contributed by atoms with Crippen molar-refractivity contribution in [3.8, 4) is 5.75 Å². The summed E-state index contributed by atoms with van der Waals surface area (Å²) in [4.78, 5) is 23.2. The number of carbonyl (C=O) groups is 2. The number of rotatable bonds is 3. The van der Waals surface area contributed by atoms with Gasteiger partial charge in [0, 0.05) is 24.3 Å². The predicted molar refractivity (Wildman–Crippen MR) is 97.6 cm³/mol. The maximum atomic E-state index is 12.3. The van der Waals surface area contributed by atoms with Crippen LogP contribution < -0.4 is 5.32 Å². The first-order valence-electron chi connectivity index (χ1n) is 5.82. The second-order valence-corrected chi connectivity index (χ2v) is 7.09. The van der Waals surface area contributed by atoms with E-state index in [1.165, 1.54) is 18.2 Å². The minimum absolute atomic E-state index is 0.224. The van der Waals surface area contributed by atoms with Crippen molar-refractivity contribution in [2.75, 3.05) is 5.32 Å². The zero-order valence-corrected chi connectivity index (χ0v) is 16.1. The molecule has 0 bridgehead atoms. The molecule has 0 saturated carbocycles. The summed E-state index contributed by atoms with van der Waals surface area (Å²) in [5.41, 5.74) is 0.529. The molecule has 0 radical (unpaired) electrons. The number of anilines is 1. The van der Waals surface area contributed by atoms with Gasteiger partial charge in [0.15, 0.2) is 0 Å². The molecule has 8 heteroatoms. The zero-order valence-electron chi connectivity index (χ0n) is 10.7. The summed E-state index contributed by atoms with van der Waals surface area (Å²) in [7, 11) is 0. The highest BCUT2D eigenvalue weighted by Gasteiger charge is 2.15. The number of carboxylic acid groups (broad SMARTS) is 1. The van der Waals surface area contributed by atoms with Crippen molar-refractivity contribution in [1.82, 2.24) is 0 Å². The molecule has 1 amide bonds. The number of aromatic carboxylic acids is 1. The Morgan fingerprint density at radius 2 is 1.77 bits per heavy atom. The normalized spacial score (nSPS) is 10.3. The van der Waals surface area contributed by atoms with Crippen LogP contribution in [-0.4, -0.2) is 22.1 Å². The van der Waals surface area contributed by atoms with Gasteiger partial charge in [-0.1, -0.05) is 15.9 Å². The maximum Gasteiger partial charge on any atom is 0.339 e. The molecular weight excluding hydrogens is 533 g/mol. The van der Waals surface area contributed by atoms with E-state index in [2.05, 4.69) is 37.2 Å². The van der Waals surface area contributed by atoms with Crippen LogP contribution in [0.15, 0.2) is 39.3 Å². The minimum atomic E-state index is -1.24. The molecule has 0 saturated heterocycles. The minimum Gasteiger partial charge on any atom is -0.507 e. The lowest BCUT2D eigenvalue weighted by Crippen LogP contribution is -2.14. The molecule has 2 aromatic carbocycles. The van der Waals surface area contributed by atoms with Gasteiger partial charge in [0.2, 0.25) is 0 Å². The summed E-state index contributed by atoms with van der Waals surface area (Å²) in [5, 5.41) is 21.1. The van der Waals surface area contributed by atoms with Gasteiger partial charge >= 0.3 is 5.97 Å². The van der Waals surface area contributed by atoms with E-state index in [9.17, 15) is 14.7 Å². The fourth-order valence-electron chi connectivity index (χ4n) is 1.71. The second-order valence-electron chi connectivity index (χ2n) is 4.24. The van der Waals surface area contributed by atoms with Crippen molar-refractivity contribution in [1.29, 1.82) is 0 Å². The van der Waals surface area contributed by atoms with Gasteiger partial charge in [0.05, 0.1) is 5.56 Å². The fraction of sp³-hybridized carbons (Fsp3) is 0. The Bertz CT molecular complexity index is 780. The first-order valence-corrected chi connectivity index (χ1v) is 8.48. The van der Waals surface area contributed by atoms with Crippen LogP contribution in [0.2, 0.25) is 0 Å². The topological polar surface area (TPSA) is 86.6 Å². The molecule has 22 heavy (non-hydrogen) atoms. The molecule has 0 spiro atoms. The van der Waals surface area contributed by atoms with E-state index >= 15 is 0 Å². The number of halogens is 3. The molecule has 2 rings (SSSR count). The van der Waals surface area contributed by atoms with Crippen LogP contribution >= 0.6 is 54.5 Å². The van der Waals surface area contributed by atoms with E-state index in [4.69, 9.17) is 5.11 Å². The van der Waals surface area contributed by atoms with Gasteiger partial charge in [-0.3, -0.25) is 4.79 Å². The summed E-state index contributed by atoms with van der Waals surface area (Å²) < 4.78 is 2.26. The number of hydrogen-bond donors (Lipinski definition) is 3. The Morgan fingerprint density at radius 3 is 2.36 bits per heavy atom. The quantitative estimate of drug-likeness (QED) is 0.396. The summed E-state index contributed by atoms with van der Waals surface area (Å²) >= 11 is 8.73. The second kappa shape index (κ2) is 6.97. The molecule has 114 valence electrons. The average molecular weight is 541 g/mol. The zero-order chi connectivity index (χ0) is 16.4. The lowest BCUT2D eigenvalue weighted by atomic mass is 10.1. The number of hydrogen-bond acceptors (Lipinski definition) is 3. The molecule has 0 unspecified atom stereocenters. The number of phenols is 1. The lowest BCUT2D eigenvalue weighted by Gasteiger charge is -2.10. The highest BCUT2D eigenvalue weighted by molar-refractivity contribution is 14.1. The number of carboxylic acids is 1.